The molecule has 0 spiro atoms. The first-order chi connectivity index (χ1) is 7.68. The molecule has 1 nitrogen and oxygen atoms in total. The standard InChI is InChI=1S/C13H17BrFN/c1-9-4-5-11(12(14)13(9)15)7-10-3-2-6-16-8-10/h4-5,10,16H,2-3,6-8H2,1H3. The molecule has 1 fully saturated rings. The van der Waals surface area contributed by atoms with Crippen LogP contribution in [0.3, 0.4) is 0 Å². The maximum Gasteiger partial charge on any atom is 0.140 e. The van der Waals surface area contributed by atoms with Crippen molar-refractivity contribution in [3.63, 3.8) is 0 Å². The van der Waals surface area contributed by atoms with E-state index in [1.165, 1.54) is 12.8 Å². The number of hydrogen-bond donors (Lipinski definition) is 1. The van der Waals surface area contributed by atoms with Gasteiger partial charge in [0.2, 0.25) is 0 Å². The van der Waals surface area contributed by atoms with Crippen LogP contribution in [0, 0.1) is 18.7 Å². The van der Waals surface area contributed by atoms with Crippen LogP contribution in [-0.4, -0.2) is 13.1 Å². The summed E-state index contributed by atoms with van der Waals surface area (Å²) in [4.78, 5) is 0. The third-order valence-corrected chi connectivity index (χ3v) is 4.12. The highest BCUT2D eigenvalue weighted by Crippen LogP contribution is 2.27. The summed E-state index contributed by atoms with van der Waals surface area (Å²) in [5, 5.41) is 3.39. The molecule has 0 aromatic heterocycles. The molecule has 2 rings (SSSR count). The Balaban J connectivity index is 2.11. The van der Waals surface area contributed by atoms with Crippen molar-refractivity contribution in [2.24, 2.45) is 5.92 Å². The Bertz CT molecular complexity index is 372. The molecule has 16 heavy (non-hydrogen) atoms. The van der Waals surface area contributed by atoms with E-state index in [-0.39, 0.29) is 5.82 Å². The predicted molar refractivity (Wildman–Crippen MR) is 68.1 cm³/mol. The molecule has 3 heteroatoms. The number of halogens is 2. The zero-order valence-electron chi connectivity index (χ0n) is 9.52. The summed E-state index contributed by atoms with van der Waals surface area (Å²) in [7, 11) is 0. The average Bonchev–Trinajstić information content (AvgIpc) is 2.31. The van der Waals surface area contributed by atoms with Gasteiger partial charge in [-0.2, -0.15) is 0 Å². The van der Waals surface area contributed by atoms with E-state index < -0.39 is 0 Å². The second-order valence-corrected chi connectivity index (χ2v) is 5.38. The van der Waals surface area contributed by atoms with E-state index in [0.717, 1.165) is 25.1 Å². The molecule has 1 saturated heterocycles. The first kappa shape index (κ1) is 12.1. The lowest BCUT2D eigenvalue weighted by Crippen LogP contribution is -2.30. The van der Waals surface area contributed by atoms with Gasteiger partial charge >= 0.3 is 0 Å². The Morgan fingerprint density at radius 2 is 2.31 bits per heavy atom. The maximum atomic E-state index is 13.7. The minimum Gasteiger partial charge on any atom is -0.316 e. The van der Waals surface area contributed by atoms with Gasteiger partial charge < -0.3 is 5.32 Å². The van der Waals surface area contributed by atoms with E-state index >= 15 is 0 Å². The van der Waals surface area contributed by atoms with Gasteiger partial charge in [0, 0.05) is 0 Å². The summed E-state index contributed by atoms with van der Waals surface area (Å²) < 4.78 is 14.3. The fourth-order valence-corrected chi connectivity index (χ4v) is 2.86. The van der Waals surface area contributed by atoms with Crippen molar-refractivity contribution in [3.05, 3.63) is 33.5 Å². The molecule has 1 aliphatic rings. The number of hydrogen-bond acceptors (Lipinski definition) is 1. The van der Waals surface area contributed by atoms with Gasteiger partial charge in [0.1, 0.15) is 5.82 Å². The normalized spacial score (nSPS) is 21.1. The van der Waals surface area contributed by atoms with Gasteiger partial charge in [0.25, 0.3) is 0 Å². The average molecular weight is 286 g/mol. The zero-order valence-corrected chi connectivity index (χ0v) is 11.1. The summed E-state index contributed by atoms with van der Waals surface area (Å²) in [5.41, 5.74) is 1.80. The molecule has 1 N–H and O–H groups in total. The Hall–Kier alpha value is -0.410. The van der Waals surface area contributed by atoms with Crippen LogP contribution in [0.15, 0.2) is 16.6 Å². The zero-order chi connectivity index (χ0) is 11.5. The van der Waals surface area contributed by atoms with Gasteiger partial charge in [-0.15, -0.1) is 0 Å². The molecule has 1 aliphatic heterocycles. The van der Waals surface area contributed by atoms with Crippen molar-refractivity contribution < 1.29 is 4.39 Å². The lowest BCUT2D eigenvalue weighted by atomic mass is 9.92. The van der Waals surface area contributed by atoms with E-state index in [9.17, 15) is 4.39 Å². The van der Waals surface area contributed by atoms with Gasteiger partial charge in [-0.05, 0) is 72.3 Å². The topological polar surface area (TPSA) is 12.0 Å². The smallest absolute Gasteiger partial charge is 0.140 e. The molecule has 1 aromatic carbocycles. The fraction of sp³-hybridized carbons (Fsp3) is 0.538. The molecule has 0 saturated carbocycles. The lowest BCUT2D eigenvalue weighted by molar-refractivity contribution is 0.375. The molecule has 88 valence electrons. The highest BCUT2D eigenvalue weighted by molar-refractivity contribution is 9.10. The Morgan fingerprint density at radius 1 is 1.50 bits per heavy atom. The van der Waals surface area contributed by atoms with Gasteiger partial charge in [0.15, 0.2) is 0 Å². The van der Waals surface area contributed by atoms with Gasteiger partial charge in [-0.3, -0.25) is 0 Å². The number of nitrogens with one attached hydrogen (secondary N) is 1. The second kappa shape index (κ2) is 5.28. The van der Waals surface area contributed by atoms with Crippen molar-refractivity contribution in [2.45, 2.75) is 26.2 Å². The Morgan fingerprint density at radius 3 is 3.00 bits per heavy atom. The summed E-state index contributed by atoms with van der Waals surface area (Å²) in [5.74, 6) is 0.536. The number of benzene rings is 1. The van der Waals surface area contributed by atoms with Crippen molar-refractivity contribution in [1.82, 2.24) is 5.32 Å². The second-order valence-electron chi connectivity index (χ2n) is 4.59. The van der Waals surface area contributed by atoms with Crippen LogP contribution in [-0.2, 0) is 6.42 Å². The first-order valence-electron chi connectivity index (χ1n) is 5.82. The van der Waals surface area contributed by atoms with E-state index in [2.05, 4.69) is 21.2 Å². The highest BCUT2D eigenvalue weighted by atomic mass is 79.9. The Labute approximate surface area is 105 Å². The van der Waals surface area contributed by atoms with Crippen LogP contribution in [0.25, 0.3) is 0 Å². The summed E-state index contributed by atoms with van der Waals surface area (Å²) in [6.45, 7) is 3.98. The molecular formula is C13H17BrFN. The van der Waals surface area contributed by atoms with Crippen molar-refractivity contribution in [2.75, 3.05) is 13.1 Å². The monoisotopic (exact) mass is 285 g/mol. The predicted octanol–water partition coefficient (Wildman–Crippen LogP) is 3.44. The number of rotatable bonds is 2. The number of piperidine rings is 1. The van der Waals surface area contributed by atoms with E-state index in [1.807, 2.05) is 12.1 Å². The lowest BCUT2D eigenvalue weighted by Gasteiger charge is -2.23. The van der Waals surface area contributed by atoms with E-state index in [1.54, 1.807) is 6.92 Å². The molecule has 1 aromatic rings. The summed E-state index contributed by atoms with van der Waals surface area (Å²) in [6, 6.07) is 3.91. The highest BCUT2D eigenvalue weighted by Gasteiger charge is 2.16. The van der Waals surface area contributed by atoms with Crippen LogP contribution < -0.4 is 5.32 Å². The fourth-order valence-electron chi connectivity index (χ4n) is 2.25. The maximum absolute atomic E-state index is 13.7. The molecule has 1 heterocycles. The van der Waals surface area contributed by atoms with Crippen LogP contribution in [0.2, 0.25) is 0 Å². The van der Waals surface area contributed by atoms with Crippen molar-refractivity contribution in [1.29, 1.82) is 0 Å². The molecule has 0 aliphatic carbocycles. The van der Waals surface area contributed by atoms with Gasteiger partial charge in [-0.25, -0.2) is 4.39 Å². The van der Waals surface area contributed by atoms with Crippen LogP contribution in [0.4, 0.5) is 4.39 Å². The largest absolute Gasteiger partial charge is 0.316 e. The third-order valence-electron chi connectivity index (χ3n) is 3.26. The van der Waals surface area contributed by atoms with Crippen molar-refractivity contribution in [3.8, 4) is 0 Å². The van der Waals surface area contributed by atoms with E-state index in [4.69, 9.17) is 0 Å². The van der Waals surface area contributed by atoms with Crippen molar-refractivity contribution >= 4 is 15.9 Å². The first-order valence-corrected chi connectivity index (χ1v) is 6.62. The van der Waals surface area contributed by atoms with Crippen LogP contribution in [0.5, 0.6) is 0 Å². The molecule has 0 radical (unpaired) electrons. The minimum atomic E-state index is -0.110. The minimum absolute atomic E-state index is 0.110. The molecule has 0 amide bonds. The van der Waals surface area contributed by atoms with Crippen LogP contribution in [0.1, 0.15) is 24.0 Å². The molecular weight excluding hydrogens is 269 g/mol. The number of aryl methyl sites for hydroxylation is 1. The van der Waals surface area contributed by atoms with Gasteiger partial charge in [0.05, 0.1) is 4.47 Å². The van der Waals surface area contributed by atoms with E-state index in [0.29, 0.717) is 16.0 Å². The third kappa shape index (κ3) is 2.64. The SMILES string of the molecule is Cc1ccc(CC2CCCNC2)c(Br)c1F. The molecule has 1 atom stereocenters. The van der Waals surface area contributed by atoms with Crippen LogP contribution >= 0.6 is 15.9 Å². The molecule has 0 bridgehead atoms. The summed E-state index contributed by atoms with van der Waals surface area (Å²) >= 11 is 3.36. The summed E-state index contributed by atoms with van der Waals surface area (Å²) in [6.07, 6.45) is 3.44. The van der Waals surface area contributed by atoms with Gasteiger partial charge in [-0.1, -0.05) is 12.1 Å². The quantitative estimate of drug-likeness (QED) is 0.878. The Kier molecular flexibility index (Phi) is 3.98. The molecule has 1 unspecified atom stereocenters.